The van der Waals surface area contributed by atoms with Crippen molar-refractivity contribution in [1.29, 1.82) is 0 Å². The smallest absolute Gasteiger partial charge is 0.408 e. The molecule has 0 spiro atoms. The van der Waals surface area contributed by atoms with Gasteiger partial charge in [-0.3, -0.25) is 4.98 Å². The summed E-state index contributed by atoms with van der Waals surface area (Å²) >= 11 is 4.45. The van der Waals surface area contributed by atoms with Gasteiger partial charge < -0.3 is 4.42 Å². The molecule has 0 fully saturated rings. The van der Waals surface area contributed by atoms with Gasteiger partial charge >= 0.3 is 5.76 Å². The van der Waals surface area contributed by atoms with Crippen LogP contribution < -0.4 is 5.76 Å². The average molecular weight is 192 g/mol. The molecule has 1 N–H and O–H groups in total. The van der Waals surface area contributed by atoms with Gasteiger partial charge in [-0.1, -0.05) is 0 Å². The summed E-state index contributed by atoms with van der Waals surface area (Å²) in [6.45, 7) is 0. The Morgan fingerprint density at radius 3 is 3.15 bits per heavy atom. The second kappa shape index (κ2) is 2.97. The van der Waals surface area contributed by atoms with Crippen LogP contribution in [-0.4, -0.2) is 10.1 Å². The van der Waals surface area contributed by atoms with E-state index in [-0.39, 0.29) is 0 Å². The van der Waals surface area contributed by atoms with Crippen LogP contribution in [0, 0.1) is 0 Å². The maximum Gasteiger partial charge on any atom is 0.417 e. The van der Waals surface area contributed by atoms with Crippen molar-refractivity contribution in [2.45, 2.75) is 0 Å². The van der Waals surface area contributed by atoms with Crippen molar-refractivity contribution >= 4 is 34.2 Å². The van der Waals surface area contributed by atoms with Crippen LogP contribution >= 0.6 is 12.2 Å². The number of aromatic nitrogens is 1. The first-order valence-corrected chi connectivity index (χ1v) is 3.91. The molecule has 0 amide bonds. The topological polar surface area (TPSA) is 58.4 Å². The largest absolute Gasteiger partial charge is 0.417 e. The van der Waals surface area contributed by atoms with Gasteiger partial charge in [0.05, 0.1) is 16.4 Å². The standard InChI is InChI=1S/C8H4N2O2S/c11-8-10-6-2-1-5(9-4-13)3-7(6)12-8/h1-3H,(H,10,11). The molecule has 1 aromatic carbocycles. The van der Waals surface area contributed by atoms with E-state index in [1.165, 1.54) is 0 Å². The third kappa shape index (κ3) is 1.42. The van der Waals surface area contributed by atoms with E-state index in [0.717, 1.165) is 0 Å². The highest BCUT2D eigenvalue weighted by Gasteiger charge is 2.00. The number of hydrogen-bond donors (Lipinski definition) is 1. The van der Waals surface area contributed by atoms with Crippen molar-refractivity contribution in [2.24, 2.45) is 4.99 Å². The fourth-order valence-corrected chi connectivity index (χ4v) is 1.16. The van der Waals surface area contributed by atoms with Crippen LogP contribution in [0.3, 0.4) is 0 Å². The molecule has 0 radical (unpaired) electrons. The maximum atomic E-state index is 10.8. The quantitative estimate of drug-likeness (QED) is 0.554. The van der Waals surface area contributed by atoms with Gasteiger partial charge in [0, 0.05) is 6.07 Å². The first-order chi connectivity index (χ1) is 6.29. The van der Waals surface area contributed by atoms with E-state index >= 15 is 0 Å². The Balaban J connectivity index is 2.74. The Bertz CT molecular complexity index is 549. The number of aliphatic imine (C=N–C) groups is 1. The summed E-state index contributed by atoms with van der Waals surface area (Å²) in [5.41, 5.74) is 1.73. The first kappa shape index (κ1) is 7.91. The Labute approximate surface area is 77.9 Å². The molecule has 1 aromatic heterocycles. The second-order valence-electron chi connectivity index (χ2n) is 2.40. The summed E-state index contributed by atoms with van der Waals surface area (Å²) in [6.07, 6.45) is 0. The van der Waals surface area contributed by atoms with Crippen LogP contribution in [0.2, 0.25) is 0 Å². The van der Waals surface area contributed by atoms with E-state index in [1.54, 1.807) is 18.2 Å². The SMILES string of the molecule is O=c1[nH]c2ccc(N=C=S)cc2o1. The molecule has 0 aliphatic rings. The molecule has 0 atom stereocenters. The fraction of sp³-hybridized carbons (Fsp3) is 0. The third-order valence-corrected chi connectivity index (χ3v) is 1.67. The molecular weight excluding hydrogens is 188 g/mol. The summed E-state index contributed by atoms with van der Waals surface area (Å²) < 4.78 is 4.82. The Hall–Kier alpha value is -1.71. The van der Waals surface area contributed by atoms with E-state index in [0.29, 0.717) is 16.8 Å². The van der Waals surface area contributed by atoms with Gasteiger partial charge in [-0.15, -0.1) is 0 Å². The normalized spacial score (nSPS) is 9.85. The minimum Gasteiger partial charge on any atom is -0.408 e. The van der Waals surface area contributed by atoms with Gasteiger partial charge in [-0.2, -0.15) is 4.99 Å². The van der Waals surface area contributed by atoms with Crippen molar-refractivity contribution in [1.82, 2.24) is 4.98 Å². The predicted octanol–water partition coefficient (Wildman–Crippen LogP) is 1.86. The lowest BCUT2D eigenvalue weighted by Gasteiger charge is -1.88. The van der Waals surface area contributed by atoms with Gasteiger partial charge in [0.1, 0.15) is 0 Å². The highest BCUT2D eigenvalue weighted by atomic mass is 32.1. The summed E-state index contributed by atoms with van der Waals surface area (Å²) in [6, 6.07) is 5.03. The molecule has 0 saturated carbocycles. The van der Waals surface area contributed by atoms with E-state index < -0.39 is 5.76 Å². The highest BCUT2D eigenvalue weighted by molar-refractivity contribution is 7.78. The van der Waals surface area contributed by atoms with Crippen molar-refractivity contribution < 1.29 is 4.42 Å². The van der Waals surface area contributed by atoms with Gasteiger partial charge in [-0.25, -0.2) is 4.79 Å². The van der Waals surface area contributed by atoms with Crippen molar-refractivity contribution in [2.75, 3.05) is 0 Å². The van der Waals surface area contributed by atoms with Crippen LogP contribution in [0.25, 0.3) is 11.1 Å². The molecule has 2 aromatic rings. The fourth-order valence-electron chi connectivity index (χ4n) is 1.06. The summed E-state index contributed by atoms with van der Waals surface area (Å²) in [5.74, 6) is -0.474. The van der Waals surface area contributed by atoms with Gasteiger partial charge in [0.15, 0.2) is 5.58 Å². The molecule has 5 heteroatoms. The van der Waals surface area contributed by atoms with Gasteiger partial charge in [0.2, 0.25) is 0 Å². The van der Waals surface area contributed by atoms with Crippen molar-refractivity contribution in [3.63, 3.8) is 0 Å². The number of rotatable bonds is 1. The first-order valence-electron chi connectivity index (χ1n) is 3.50. The van der Waals surface area contributed by atoms with Crippen LogP contribution in [0.1, 0.15) is 0 Å². The monoisotopic (exact) mass is 192 g/mol. The average Bonchev–Trinajstić information content (AvgIpc) is 2.44. The number of isothiocyanates is 1. The number of oxazole rings is 1. The second-order valence-corrected chi connectivity index (χ2v) is 2.58. The Kier molecular flexibility index (Phi) is 1.81. The molecule has 0 saturated heterocycles. The van der Waals surface area contributed by atoms with E-state index in [9.17, 15) is 4.79 Å². The lowest BCUT2D eigenvalue weighted by molar-refractivity contribution is 0.555. The molecule has 0 aliphatic carbocycles. The Morgan fingerprint density at radius 2 is 2.38 bits per heavy atom. The summed E-state index contributed by atoms with van der Waals surface area (Å²) in [4.78, 5) is 17.0. The van der Waals surface area contributed by atoms with E-state index in [1.807, 2.05) is 0 Å². The number of hydrogen-bond acceptors (Lipinski definition) is 4. The van der Waals surface area contributed by atoms with Crippen LogP contribution in [0.15, 0.2) is 32.4 Å². The molecule has 2 rings (SSSR count). The molecule has 64 valence electrons. The van der Waals surface area contributed by atoms with Crippen LogP contribution in [0.4, 0.5) is 5.69 Å². The minimum atomic E-state index is -0.474. The highest BCUT2D eigenvalue weighted by Crippen LogP contribution is 2.17. The minimum absolute atomic E-state index is 0.469. The van der Waals surface area contributed by atoms with Crippen molar-refractivity contribution in [3.05, 3.63) is 28.7 Å². The van der Waals surface area contributed by atoms with Crippen LogP contribution in [0.5, 0.6) is 0 Å². The molecule has 0 bridgehead atoms. The lowest BCUT2D eigenvalue weighted by Crippen LogP contribution is -1.92. The molecule has 1 heterocycles. The molecule has 4 nitrogen and oxygen atoms in total. The van der Waals surface area contributed by atoms with Crippen LogP contribution in [-0.2, 0) is 0 Å². The zero-order chi connectivity index (χ0) is 9.26. The molecule has 13 heavy (non-hydrogen) atoms. The molecule has 0 unspecified atom stereocenters. The number of nitrogens with zero attached hydrogens (tertiary/aromatic N) is 1. The lowest BCUT2D eigenvalue weighted by atomic mass is 10.3. The molecule has 0 aliphatic heterocycles. The van der Waals surface area contributed by atoms with Crippen molar-refractivity contribution in [3.8, 4) is 0 Å². The summed E-state index contributed by atoms with van der Waals surface area (Å²) in [7, 11) is 0. The number of aromatic amines is 1. The number of thiocarbonyl (C=S) groups is 1. The molecular formula is C8H4N2O2S. The number of fused-ring (bicyclic) bond motifs is 1. The number of nitrogens with one attached hydrogen (secondary N) is 1. The Morgan fingerprint density at radius 1 is 1.54 bits per heavy atom. The summed E-state index contributed by atoms with van der Waals surface area (Å²) in [5, 5.41) is 2.23. The number of H-pyrrole nitrogens is 1. The van der Waals surface area contributed by atoms with E-state index in [4.69, 9.17) is 4.42 Å². The third-order valence-electron chi connectivity index (χ3n) is 1.58. The number of benzene rings is 1. The van der Waals surface area contributed by atoms with E-state index in [2.05, 4.69) is 27.4 Å². The zero-order valence-corrected chi connectivity index (χ0v) is 7.22. The zero-order valence-electron chi connectivity index (χ0n) is 6.40. The maximum absolute atomic E-state index is 10.8. The van der Waals surface area contributed by atoms with Gasteiger partial charge in [0.25, 0.3) is 0 Å². The van der Waals surface area contributed by atoms with Gasteiger partial charge in [-0.05, 0) is 24.4 Å². The predicted molar refractivity (Wildman–Crippen MR) is 51.5 cm³/mol.